The molecule has 8 nitrogen and oxygen atoms in total. The van der Waals surface area contributed by atoms with Crippen molar-refractivity contribution >= 4 is 17.6 Å². The summed E-state index contributed by atoms with van der Waals surface area (Å²) in [5.41, 5.74) is 1.05. The minimum atomic E-state index is -0.351. The Balaban J connectivity index is 1.43. The van der Waals surface area contributed by atoms with Gasteiger partial charge in [-0.05, 0) is 25.0 Å². The van der Waals surface area contributed by atoms with Crippen molar-refractivity contribution in [3.63, 3.8) is 0 Å². The molecule has 4 rings (SSSR count). The maximum Gasteiger partial charge on any atom is 0.327 e. The first-order valence-corrected chi connectivity index (χ1v) is 12.6. The van der Waals surface area contributed by atoms with Crippen LogP contribution in [0.1, 0.15) is 58.3 Å². The van der Waals surface area contributed by atoms with Crippen LogP contribution in [0.5, 0.6) is 5.75 Å². The molecule has 0 aliphatic carbocycles. The third kappa shape index (κ3) is 4.82. The quantitative estimate of drug-likeness (QED) is 0.543. The predicted molar refractivity (Wildman–Crippen MR) is 129 cm³/mol. The van der Waals surface area contributed by atoms with Gasteiger partial charge in [0.25, 0.3) is 5.91 Å². The Morgan fingerprint density at radius 2 is 1.82 bits per heavy atom. The highest BCUT2D eigenvalue weighted by Gasteiger charge is 2.55. The number of rotatable bonds is 10. The van der Waals surface area contributed by atoms with Gasteiger partial charge in [0.2, 0.25) is 0 Å². The number of likely N-dealkylation sites (N-methyl/N-ethyl adjacent to an activating group) is 1. The van der Waals surface area contributed by atoms with E-state index in [0.717, 1.165) is 43.8 Å². The maximum absolute atomic E-state index is 13.5. The molecule has 3 atom stereocenters. The first kappa shape index (κ1) is 23.8. The summed E-state index contributed by atoms with van der Waals surface area (Å²) in [5.74, 6) is 0.751. The first-order chi connectivity index (χ1) is 16.1. The van der Waals surface area contributed by atoms with Crippen molar-refractivity contribution in [2.24, 2.45) is 0 Å². The van der Waals surface area contributed by atoms with E-state index in [9.17, 15) is 9.59 Å². The number of carbonyl (C=O) groups excluding carboxylic acids is 2. The summed E-state index contributed by atoms with van der Waals surface area (Å²) in [6.07, 6.45) is 8.67. The van der Waals surface area contributed by atoms with Crippen molar-refractivity contribution in [3.05, 3.63) is 24.3 Å². The monoisotopic (exact) mass is 457 g/mol. The molecule has 0 saturated carbocycles. The van der Waals surface area contributed by atoms with Gasteiger partial charge in [-0.15, -0.1) is 0 Å². The van der Waals surface area contributed by atoms with Gasteiger partial charge in [-0.3, -0.25) is 19.9 Å². The van der Waals surface area contributed by atoms with Crippen molar-refractivity contribution in [1.82, 2.24) is 20.0 Å². The van der Waals surface area contributed by atoms with Gasteiger partial charge in [0, 0.05) is 38.4 Å². The zero-order valence-corrected chi connectivity index (χ0v) is 20.3. The molecule has 3 heterocycles. The molecule has 3 amide bonds. The van der Waals surface area contributed by atoms with E-state index in [-0.39, 0.29) is 30.4 Å². The number of nitrogens with zero attached hydrogens (tertiary/aromatic N) is 4. The lowest BCUT2D eigenvalue weighted by atomic mass is 10.1. The molecule has 0 spiro atoms. The van der Waals surface area contributed by atoms with E-state index in [1.807, 2.05) is 25.2 Å². The number of imide groups is 1. The molecule has 3 unspecified atom stereocenters. The number of benzene rings is 1. The van der Waals surface area contributed by atoms with Gasteiger partial charge < -0.3 is 14.5 Å². The summed E-state index contributed by atoms with van der Waals surface area (Å²) >= 11 is 0. The minimum Gasteiger partial charge on any atom is -0.497 e. The highest BCUT2D eigenvalue weighted by atomic mass is 16.5. The molecule has 3 aliphatic heterocycles. The fourth-order valence-electron chi connectivity index (χ4n) is 5.41. The van der Waals surface area contributed by atoms with E-state index in [2.05, 4.69) is 28.1 Å². The first-order valence-electron chi connectivity index (χ1n) is 12.6. The highest BCUT2D eigenvalue weighted by Crippen LogP contribution is 2.34. The van der Waals surface area contributed by atoms with Gasteiger partial charge in [0.15, 0.2) is 0 Å². The Bertz CT molecular complexity index is 834. The van der Waals surface area contributed by atoms with E-state index in [4.69, 9.17) is 4.74 Å². The smallest absolute Gasteiger partial charge is 0.327 e. The molecule has 3 saturated heterocycles. The Labute approximate surface area is 197 Å². The molecule has 8 heteroatoms. The summed E-state index contributed by atoms with van der Waals surface area (Å²) in [6, 6.07) is 7.48. The lowest BCUT2D eigenvalue weighted by Gasteiger charge is -2.44. The molecular formula is C25H39N5O3. The van der Waals surface area contributed by atoms with Crippen molar-refractivity contribution in [1.29, 1.82) is 0 Å². The van der Waals surface area contributed by atoms with Gasteiger partial charge in [0.05, 0.1) is 7.11 Å². The number of amides is 3. The van der Waals surface area contributed by atoms with Crippen LogP contribution in [0.3, 0.4) is 0 Å². The van der Waals surface area contributed by atoms with Crippen molar-refractivity contribution < 1.29 is 14.3 Å². The number of unbranched alkanes of at least 4 members (excludes halogenated alkanes) is 6. The molecule has 0 aromatic heterocycles. The normalized spacial score (nSPS) is 25.4. The van der Waals surface area contributed by atoms with Crippen LogP contribution in [0.25, 0.3) is 0 Å². The van der Waals surface area contributed by atoms with E-state index < -0.39 is 0 Å². The minimum absolute atomic E-state index is 0.0587. The molecule has 0 radical (unpaired) electrons. The van der Waals surface area contributed by atoms with Crippen molar-refractivity contribution in [3.8, 4) is 5.75 Å². The van der Waals surface area contributed by atoms with Crippen LogP contribution in [-0.2, 0) is 4.79 Å². The molecule has 0 bridgehead atoms. The lowest BCUT2D eigenvalue weighted by Crippen LogP contribution is -2.66. The van der Waals surface area contributed by atoms with Gasteiger partial charge in [0.1, 0.15) is 24.2 Å². The number of ether oxygens (including phenoxy) is 1. The van der Waals surface area contributed by atoms with Crippen molar-refractivity contribution in [2.75, 3.05) is 38.7 Å². The average Bonchev–Trinajstić information content (AvgIpc) is 3.24. The number of methoxy groups -OCH3 is 1. The van der Waals surface area contributed by atoms with Crippen LogP contribution in [0.15, 0.2) is 24.3 Å². The predicted octanol–water partition coefficient (Wildman–Crippen LogP) is 3.43. The standard InChI is InChI=1S/C25H39N5O3/c1-4-5-6-7-8-9-10-15-30-23(31)21-22(27(2)25(30)32)26-24-28(16-12-17-29(21)24)19-13-11-14-20(18-19)33-3/h11,13-14,18,21-22,24,26H,4-10,12,15-17H2,1-3H3. The van der Waals surface area contributed by atoms with Crippen LogP contribution in [0.4, 0.5) is 10.5 Å². The number of anilines is 1. The summed E-state index contributed by atoms with van der Waals surface area (Å²) < 4.78 is 5.41. The number of hydrogen-bond donors (Lipinski definition) is 1. The molecular weight excluding hydrogens is 418 g/mol. The molecule has 182 valence electrons. The molecule has 3 aliphatic rings. The average molecular weight is 458 g/mol. The largest absolute Gasteiger partial charge is 0.497 e. The number of urea groups is 1. The Hall–Kier alpha value is -2.32. The third-order valence-electron chi connectivity index (χ3n) is 7.24. The summed E-state index contributed by atoms with van der Waals surface area (Å²) in [6.45, 7) is 4.45. The topological polar surface area (TPSA) is 68.4 Å². The molecule has 1 aromatic rings. The van der Waals surface area contributed by atoms with Crippen LogP contribution in [0.2, 0.25) is 0 Å². The van der Waals surface area contributed by atoms with Gasteiger partial charge in [-0.2, -0.15) is 0 Å². The fraction of sp³-hybridized carbons (Fsp3) is 0.680. The highest BCUT2D eigenvalue weighted by molar-refractivity contribution is 6.00. The third-order valence-corrected chi connectivity index (χ3v) is 7.24. The molecule has 33 heavy (non-hydrogen) atoms. The number of fused-ring (bicyclic) bond motifs is 3. The van der Waals surface area contributed by atoms with E-state index in [1.165, 1.54) is 37.0 Å². The number of hydrogen-bond acceptors (Lipinski definition) is 6. The maximum atomic E-state index is 13.5. The zero-order valence-electron chi connectivity index (χ0n) is 20.3. The van der Waals surface area contributed by atoms with E-state index >= 15 is 0 Å². The van der Waals surface area contributed by atoms with E-state index in [0.29, 0.717) is 6.54 Å². The summed E-state index contributed by atoms with van der Waals surface area (Å²) in [7, 11) is 3.48. The van der Waals surface area contributed by atoms with E-state index in [1.54, 1.807) is 12.0 Å². The van der Waals surface area contributed by atoms with Crippen LogP contribution >= 0.6 is 0 Å². The zero-order chi connectivity index (χ0) is 23.4. The van der Waals surface area contributed by atoms with Crippen LogP contribution < -0.4 is 15.0 Å². The number of nitrogens with one attached hydrogen (secondary N) is 1. The molecule has 1 N–H and O–H groups in total. The molecule has 1 aromatic carbocycles. The second-order valence-electron chi connectivity index (χ2n) is 9.42. The van der Waals surface area contributed by atoms with Gasteiger partial charge in [-0.1, -0.05) is 51.5 Å². The second-order valence-corrected chi connectivity index (χ2v) is 9.42. The second kappa shape index (κ2) is 10.7. The van der Waals surface area contributed by atoms with Gasteiger partial charge >= 0.3 is 6.03 Å². The Morgan fingerprint density at radius 1 is 1.06 bits per heavy atom. The fourth-order valence-corrected chi connectivity index (χ4v) is 5.41. The van der Waals surface area contributed by atoms with Crippen molar-refractivity contribution in [2.45, 2.75) is 76.8 Å². The van der Waals surface area contributed by atoms with Crippen LogP contribution in [0, 0.1) is 0 Å². The Morgan fingerprint density at radius 3 is 2.58 bits per heavy atom. The van der Waals surface area contributed by atoms with Crippen LogP contribution in [-0.4, -0.2) is 78.9 Å². The van der Waals surface area contributed by atoms with Gasteiger partial charge in [-0.25, -0.2) is 4.79 Å². The summed E-state index contributed by atoms with van der Waals surface area (Å²) in [5, 5.41) is 3.58. The molecule has 3 fully saturated rings. The SMILES string of the molecule is CCCCCCCCCN1C(=O)C2C(NC3N(c4cccc(OC)c4)CCCN23)N(C)C1=O. The summed E-state index contributed by atoms with van der Waals surface area (Å²) in [4.78, 5) is 34.3. The lowest BCUT2D eigenvalue weighted by molar-refractivity contribution is -0.138. The number of carbonyl (C=O) groups is 2. The Kier molecular flexibility index (Phi) is 7.75.